The van der Waals surface area contributed by atoms with Crippen molar-refractivity contribution in [3.63, 3.8) is 0 Å². The number of aliphatic hydroxyl groups is 9. The highest BCUT2D eigenvalue weighted by molar-refractivity contribution is 5.36. The minimum atomic E-state index is -1.73. The highest BCUT2D eigenvalue weighted by atomic mass is 16.7. The third kappa shape index (κ3) is 5.37. The Morgan fingerprint density at radius 2 is 1.41 bits per heavy atom. The van der Waals surface area contributed by atoms with Gasteiger partial charge in [0, 0.05) is 22.2 Å². The summed E-state index contributed by atoms with van der Waals surface area (Å²) in [6, 6.07) is 0. The summed E-state index contributed by atoms with van der Waals surface area (Å²) in [7, 11) is 0. The van der Waals surface area contributed by atoms with E-state index in [4.69, 9.17) is 23.7 Å². The minimum absolute atomic E-state index is 0.00453. The minimum Gasteiger partial charge on any atom is -0.396 e. The highest BCUT2D eigenvalue weighted by Gasteiger charge is 2.79. The van der Waals surface area contributed by atoms with Crippen LogP contribution in [0.4, 0.5) is 0 Å². The number of rotatable bonds is 6. The molecular formula is C42H68O14. The van der Waals surface area contributed by atoms with Gasteiger partial charge in [-0.3, -0.25) is 0 Å². The zero-order valence-corrected chi connectivity index (χ0v) is 34.0. The van der Waals surface area contributed by atoms with Crippen molar-refractivity contribution in [1.29, 1.82) is 0 Å². The monoisotopic (exact) mass is 796 g/mol. The topological polar surface area (TPSA) is 228 Å². The number of aliphatic hydroxyl groups excluding tert-OH is 9. The Balaban J connectivity index is 1.05. The summed E-state index contributed by atoms with van der Waals surface area (Å²) in [5.41, 5.74) is -3.03. The third-order valence-electron chi connectivity index (χ3n) is 18.1. The molecule has 14 heteroatoms. The summed E-state index contributed by atoms with van der Waals surface area (Å²) in [6.07, 6.45) is -6.47. The van der Waals surface area contributed by atoms with Crippen molar-refractivity contribution in [3.8, 4) is 0 Å². The Labute approximate surface area is 330 Å². The van der Waals surface area contributed by atoms with Gasteiger partial charge in [-0.05, 0) is 80.0 Å². The number of allylic oxidation sites excluding steroid dienone is 1. The predicted octanol–water partition coefficient (Wildman–Crippen LogP) is 0.748. The first-order valence-corrected chi connectivity index (χ1v) is 21.0. The van der Waals surface area contributed by atoms with E-state index in [-0.39, 0.29) is 40.6 Å². The smallest absolute Gasteiger partial charge is 0.187 e. The summed E-state index contributed by atoms with van der Waals surface area (Å²) in [4.78, 5) is 0. The maximum atomic E-state index is 12.1. The molecule has 1 unspecified atom stereocenters. The second-order valence-electron chi connectivity index (χ2n) is 21.0. The molecule has 0 aromatic rings. The molecule has 0 aromatic heterocycles. The van der Waals surface area contributed by atoms with Gasteiger partial charge in [0.25, 0.3) is 0 Å². The average Bonchev–Trinajstić information content (AvgIpc) is 3.41. The second-order valence-corrected chi connectivity index (χ2v) is 21.0. The quantitative estimate of drug-likeness (QED) is 0.134. The van der Waals surface area contributed by atoms with Gasteiger partial charge in [-0.25, -0.2) is 0 Å². The Kier molecular flexibility index (Phi) is 10.2. The normalized spacial score (nSPS) is 60.1. The van der Waals surface area contributed by atoms with Crippen LogP contribution >= 0.6 is 0 Å². The van der Waals surface area contributed by atoms with Crippen molar-refractivity contribution in [2.24, 2.45) is 50.2 Å². The largest absolute Gasteiger partial charge is 0.396 e. The van der Waals surface area contributed by atoms with Crippen LogP contribution in [0.25, 0.3) is 0 Å². The second kappa shape index (κ2) is 13.6. The fourth-order valence-corrected chi connectivity index (χ4v) is 14.3. The van der Waals surface area contributed by atoms with Crippen LogP contribution in [0.3, 0.4) is 0 Å². The molecule has 56 heavy (non-hydrogen) atoms. The van der Waals surface area contributed by atoms with Gasteiger partial charge in [-0.2, -0.15) is 0 Å². The van der Waals surface area contributed by atoms with Crippen molar-refractivity contribution in [3.05, 3.63) is 12.2 Å². The summed E-state index contributed by atoms with van der Waals surface area (Å²) in [5, 5.41) is 98.2. The van der Waals surface area contributed by atoms with Crippen LogP contribution in [0.5, 0.6) is 0 Å². The number of hydrogen-bond acceptors (Lipinski definition) is 14. The van der Waals surface area contributed by atoms with E-state index in [1.54, 1.807) is 6.92 Å². The highest BCUT2D eigenvalue weighted by Crippen LogP contribution is 2.79. The summed E-state index contributed by atoms with van der Waals surface area (Å²) >= 11 is 0. The number of ether oxygens (including phenoxy) is 5. The third-order valence-corrected chi connectivity index (χ3v) is 18.1. The lowest BCUT2D eigenvalue weighted by molar-refractivity contribution is -0.367. The molecule has 7 fully saturated rings. The first kappa shape index (κ1) is 41.9. The molecule has 14 nitrogen and oxygen atoms in total. The number of hydrogen-bond donors (Lipinski definition) is 9. The van der Waals surface area contributed by atoms with E-state index in [1.807, 2.05) is 6.92 Å². The van der Waals surface area contributed by atoms with Gasteiger partial charge in [0.1, 0.15) is 42.7 Å². The van der Waals surface area contributed by atoms with Gasteiger partial charge in [-0.1, -0.05) is 53.7 Å². The fraction of sp³-hybridized carbons (Fsp3) is 0.952. The Morgan fingerprint density at radius 3 is 2.09 bits per heavy atom. The van der Waals surface area contributed by atoms with E-state index in [1.165, 1.54) is 0 Å². The molecule has 0 amide bonds. The molecule has 320 valence electrons. The molecule has 8 rings (SSSR count). The molecule has 22 atom stereocenters. The van der Waals surface area contributed by atoms with Crippen molar-refractivity contribution in [2.45, 2.75) is 179 Å². The van der Waals surface area contributed by atoms with Gasteiger partial charge in [0.15, 0.2) is 12.6 Å². The van der Waals surface area contributed by atoms with E-state index in [0.29, 0.717) is 25.9 Å². The molecule has 2 bridgehead atoms. The van der Waals surface area contributed by atoms with Crippen molar-refractivity contribution < 1.29 is 69.6 Å². The van der Waals surface area contributed by atoms with Crippen LogP contribution < -0.4 is 0 Å². The maximum absolute atomic E-state index is 12.1. The lowest BCUT2D eigenvalue weighted by atomic mass is 9.32. The van der Waals surface area contributed by atoms with Crippen LogP contribution in [-0.2, 0) is 23.7 Å². The van der Waals surface area contributed by atoms with Gasteiger partial charge in [0.2, 0.25) is 0 Å². The summed E-state index contributed by atoms with van der Waals surface area (Å²) in [5.74, 6) is 0.181. The lowest BCUT2D eigenvalue weighted by Crippen LogP contribution is -2.73. The van der Waals surface area contributed by atoms with Crippen LogP contribution in [0.15, 0.2) is 12.2 Å². The molecule has 8 aliphatic rings. The first-order valence-electron chi connectivity index (χ1n) is 21.0. The molecule has 5 aliphatic carbocycles. The molecule has 3 heterocycles. The molecule has 0 radical (unpaired) electrons. The zero-order chi connectivity index (χ0) is 40.8. The van der Waals surface area contributed by atoms with Crippen LogP contribution in [0, 0.1) is 50.2 Å². The molecule has 0 aromatic carbocycles. The Morgan fingerprint density at radius 1 is 0.714 bits per heavy atom. The first-order chi connectivity index (χ1) is 26.1. The lowest BCUT2D eigenvalue weighted by Gasteiger charge is -2.73. The van der Waals surface area contributed by atoms with Crippen LogP contribution in [-0.4, -0.2) is 151 Å². The molecule has 4 saturated carbocycles. The standard InChI is InChI=1S/C42H68O14/c1-20-28(47)33(56-34-31(50)30(49)29(48)21(17-43)54-34)32(51)35(53-20)55-27-10-11-37(4)22(38(27,5)18-44)8-12-39(6)23(37)9-13-42-24-14-36(2,3)25(45)16-41(24,19-52-42)26(46)15-40(39,42)7/h9,13,20-35,43-51H,8,10-12,14-19H2,1-7H3/t20-,21-,22?,23-,24-,25+,26+,27+,28+,29-,30+,31-,32-,33+,34+,35+,37+,38+,39-,40+,41-,42+/m1/s1. The molecule has 1 spiro atoms. The molecule has 3 aliphatic heterocycles. The SMILES string of the molecule is C[C@H]1O[C@@H](O[C@H]2CC[C@@]3(C)C(CC[C@]4(C)[C@@H]3C=C[C@]35OC[C@@]6(C[C@H](O)C(C)(C)C[C@H]63)[C@@H](O)C[C@]54C)[C@]2(C)CO)[C@H](O)[C@@H](O[C@@H]2O[C@H](CO)[C@@H](O)[C@H](O)[C@H]2O)[C@H]1O. The van der Waals surface area contributed by atoms with Gasteiger partial charge in [0.05, 0.1) is 49.8 Å². The van der Waals surface area contributed by atoms with Crippen LogP contribution in [0.1, 0.15) is 93.4 Å². The van der Waals surface area contributed by atoms with Crippen molar-refractivity contribution in [2.75, 3.05) is 19.8 Å². The summed E-state index contributed by atoms with van der Waals surface area (Å²) in [6.45, 7) is 14.6. The van der Waals surface area contributed by atoms with Crippen LogP contribution in [0.2, 0.25) is 0 Å². The van der Waals surface area contributed by atoms with E-state index in [9.17, 15) is 46.0 Å². The van der Waals surface area contributed by atoms with E-state index in [2.05, 4.69) is 46.8 Å². The Hall–Kier alpha value is -0.820. The predicted molar refractivity (Wildman–Crippen MR) is 198 cm³/mol. The zero-order valence-electron chi connectivity index (χ0n) is 34.0. The average molecular weight is 797 g/mol. The van der Waals surface area contributed by atoms with E-state index in [0.717, 1.165) is 25.7 Å². The summed E-state index contributed by atoms with van der Waals surface area (Å²) < 4.78 is 31.1. The van der Waals surface area contributed by atoms with Crippen molar-refractivity contribution >= 4 is 0 Å². The van der Waals surface area contributed by atoms with Gasteiger partial charge >= 0.3 is 0 Å². The van der Waals surface area contributed by atoms with Gasteiger partial charge < -0.3 is 69.6 Å². The van der Waals surface area contributed by atoms with Gasteiger partial charge in [-0.15, -0.1) is 0 Å². The Bertz CT molecular complexity index is 1530. The van der Waals surface area contributed by atoms with Crippen molar-refractivity contribution in [1.82, 2.24) is 0 Å². The molecular weight excluding hydrogens is 728 g/mol. The molecule has 9 N–H and O–H groups in total. The molecule has 3 saturated heterocycles. The number of fused-ring (bicyclic) bond motifs is 4. The fourth-order valence-electron chi connectivity index (χ4n) is 14.3. The van der Waals surface area contributed by atoms with E-state index >= 15 is 0 Å². The maximum Gasteiger partial charge on any atom is 0.187 e. The van der Waals surface area contributed by atoms with E-state index < -0.39 is 108 Å².